The topological polar surface area (TPSA) is 57.6 Å². The average Bonchev–Trinajstić information content (AvgIpc) is 2.23. The molecule has 0 radical (unpaired) electrons. The number of carboxylic acids is 1. The van der Waals surface area contributed by atoms with E-state index in [1.807, 2.05) is 0 Å². The van der Waals surface area contributed by atoms with Gasteiger partial charge in [0.25, 0.3) is 0 Å². The fourth-order valence-electron chi connectivity index (χ4n) is 1.46. The van der Waals surface area contributed by atoms with E-state index in [2.05, 4.69) is 0 Å². The van der Waals surface area contributed by atoms with Crippen molar-refractivity contribution >= 4 is 29.2 Å². The minimum atomic E-state index is -1.06. The Morgan fingerprint density at radius 1 is 1.33 bits per heavy atom. The Bertz CT molecular complexity index is 466. The molecular weight excluding hydrogens is 254 g/mol. The van der Waals surface area contributed by atoms with Crippen molar-refractivity contribution in [1.29, 1.82) is 0 Å². The van der Waals surface area contributed by atoms with Gasteiger partial charge in [-0.25, -0.2) is 0 Å². The molecule has 0 heterocycles. The highest BCUT2D eigenvalue weighted by molar-refractivity contribution is 6.31. The zero-order valence-corrected chi connectivity index (χ0v) is 11.4. The standard InChI is InChI=1S/C13H16ClNO3/c1-13(2,3)12(18)15(8-11(16)17)10-6-4-5-9(14)7-10/h4-7H,8H2,1-3H3,(H,16,17). The highest BCUT2D eigenvalue weighted by atomic mass is 35.5. The lowest BCUT2D eigenvalue weighted by atomic mass is 9.94. The van der Waals surface area contributed by atoms with E-state index >= 15 is 0 Å². The molecule has 1 N–H and O–H groups in total. The van der Waals surface area contributed by atoms with Crippen LogP contribution in [-0.2, 0) is 9.59 Å². The SMILES string of the molecule is CC(C)(C)C(=O)N(CC(=O)O)c1cccc(Cl)c1. The highest BCUT2D eigenvalue weighted by Gasteiger charge is 2.29. The van der Waals surface area contributed by atoms with Crippen LogP contribution in [0.25, 0.3) is 0 Å². The van der Waals surface area contributed by atoms with Crippen LogP contribution in [0.2, 0.25) is 5.02 Å². The van der Waals surface area contributed by atoms with Crippen LogP contribution in [0.3, 0.4) is 0 Å². The zero-order chi connectivity index (χ0) is 13.9. The Kier molecular flexibility index (Phi) is 4.35. The van der Waals surface area contributed by atoms with Crippen molar-refractivity contribution in [2.24, 2.45) is 5.41 Å². The Morgan fingerprint density at radius 2 is 1.94 bits per heavy atom. The molecule has 1 aromatic carbocycles. The minimum Gasteiger partial charge on any atom is -0.480 e. The lowest BCUT2D eigenvalue weighted by Crippen LogP contribution is -2.42. The van der Waals surface area contributed by atoms with Crippen molar-refractivity contribution in [3.05, 3.63) is 29.3 Å². The molecule has 5 heteroatoms. The number of benzene rings is 1. The molecule has 0 fully saturated rings. The number of amides is 1. The van der Waals surface area contributed by atoms with Gasteiger partial charge >= 0.3 is 5.97 Å². The van der Waals surface area contributed by atoms with Gasteiger partial charge < -0.3 is 10.0 Å². The maximum absolute atomic E-state index is 12.2. The van der Waals surface area contributed by atoms with Gasteiger partial charge in [0.05, 0.1) is 0 Å². The summed E-state index contributed by atoms with van der Waals surface area (Å²) < 4.78 is 0. The predicted molar refractivity (Wildman–Crippen MR) is 70.9 cm³/mol. The molecule has 0 atom stereocenters. The van der Waals surface area contributed by atoms with Crippen molar-refractivity contribution in [2.45, 2.75) is 20.8 Å². The lowest BCUT2D eigenvalue weighted by Gasteiger charge is -2.28. The molecular formula is C13H16ClNO3. The first-order valence-corrected chi connectivity index (χ1v) is 5.89. The Balaban J connectivity index is 3.13. The number of hydrogen-bond donors (Lipinski definition) is 1. The quantitative estimate of drug-likeness (QED) is 0.918. The third-order valence-electron chi connectivity index (χ3n) is 2.30. The molecule has 0 saturated heterocycles. The maximum Gasteiger partial charge on any atom is 0.323 e. The molecule has 0 spiro atoms. The van der Waals surface area contributed by atoms with Crippen LogP contribution in [0.5, 0.6) is 0 Å². The van der Waals surface area contributed by atoms with Crippen molar-refractivity contribution in [1.82, 2.24) is 0 Å². The summed E-state index contributed by atoms with van der Waals surface area (Å²) in [7, 11) is 0. The van der Waals surface area contributed by atoms with Crippen molar-refractivity contribution in [2.75, 3.05) is 11.4 Å². The summed E-state index contributed by atoms with van der Waals surface area (Å²) in [4.78, 5) is 24.3. The van der Waals surface area contributed by atoms with E-state index in [9.17, 15) is 9.59 Å². The maximum atomic E-state index is 12.2. The molecule has 1 aromatic rings. The fourth-order valence-corrected chi connectivity index (χ4v) is 1.65. The minimum absolute atomic E-state index is 0.257. The number of carbonyl (C=O) groups excluding carboxylic acids is 1. The van der Waals surface area contributed by atoms with E-state index in [4.69, 9.17) is 16.7 Å². The van der Waals surface area contributed by atoms with Crippen molar-refractivity contribution in [3.63, 3.8) is 0 Å². The smallest absolute Gasteiger partial charge is 0.323 e. The fraction of sp³-hybridized carbons (Fsp3) is 0.385. The van der Waals surface area contributed by atoms with E-state index in [1.54, 1.807) is 45.0 Å². The Labute approximate surface area is 111 Å². The molecule has 0 saturated carbocycles. The molecule has 18 heavy (non-hydrogen) atoms. The molecule has 4 nitrogen and oxygen atoms in total. The van der Waals surface area contributed by atoms with Crippen LogP contribution < -0.4 is 4.90 Å². The first kappa shape index (κ1) is 14.5. The Hall–Kier alpha value is -1.55. The molecule has 98 valence electrons. The lowest BCUT2D eigenvalue weighted by molar-refractivity contribution is -0.137. The summed E-state index contributed by atoms with van der Waals surface area (Å²) in [6.45, 7) is 4.86. The van der Waals surface area contributed by atoms with Crippen molar-refractivity contribution < 1.29 is 14.7 Å². The zero-order valence-electron chi connectivity index (χ0n) is 10.6. The summed E-state index contributed by atoms with van der Waals surface area (Å²) in [6.07, 6.45) is 0. The van der Waals surface area contributed by atoms with Crippen LogP contribution in [0, 0.1) is 5.41 Å². The number of rotatable bonds is 3. The van der Waals surface area contributed by atoms with Crippen LogP contribution in [0.4, 0.5) is 5.69 Å². The third-order valence-corrected chi connectivity index (χ3v) is 2.54. The van der Waals surface area contributed by atoms with Gasteiger partial charge in [0.1, 0.15) is 6.54 Å². The van der Waals surface area contributed by atoms with Gasteiger partial charge in [0, 0.05) is 16.1 Å². The average molecular weight is 270 g/mol. The predicted octanol–water partition coefficient (Wildman–Crippen LogP) is 2.80. The number of carbonyl (C=O) groups is 2. The first-order valence-electron chi connectivity index (χ1n) is 5.51. The summed E-state index contributed by atoms with van der Waals surface area (Å²) in [5.74, 6) is -1.32. The van der Waals surface area contributed by atoms with Crippen LogP contribution >= 0.6 is 11.6 Å². The number of hydrogen-bond acceptors (Lipinski definition) is 2. The van der Waals surface area contributed by atoms with Gasteiger partial charge in [-0.3, -0.25) is 9.59 Å². The molecule has 0 aliphatic rings. The van der Waals surface area contributed by atoms with E-state index < -0.39 is 11.4 Å². The van der Waals surface area contributed by atoms with Gasteiger partial charge in [-0.15, -0.1) is 0 Å². The van der Waals surface area contributed by atoms with Crippen LogP contribution in [-0.4, -0.2) is 23.5 Å². The highest BCUT2D eigenvalue weighted by Crippen LogP contribution is 2.25. The summed E-state index contributed by atoms with van der Waals surface area (Å²) in [5, 5.41) is 9.36. The van der Waals surface area contributed by atoms with E-state index in [1.165, 1.54) is 4.90 Å². The monoisotopic (exact) mass is 269 g/mol. The second kappa shape index (κ2) is 5.40. The second-order valence-corrected chi connectivity index (χ2v) is 5.45. The number of aliphatic carboxylic acids is 1. The van der Waals surface area contributed by atoms with Crippen LogP contribution in [0.1, 0.15) is 20.8 Å². The van der Waals surface area contributed by atoms with Gasteiger partial charge in [-0.2, -0.15) is 0 Å². The van der Waals surface area contributed by atoms with Crippen LogP contribution in [0.15, 0.2) is 24.3 Å². The summed E-state index contributed by atoms with van der Waals surface area (Å²) >= 11 is 5.86. The molecule has 0 unspecified atom stereocenters. The number of nitrogens with zero attached hydrogens (tertiary/aromatic N) is 1. The summed E-state index contributed by atoms with van der Waals surface area (Å²) in [5.41, 5.74) is -0.164. The molecule has 0 aliphatic heterocycles. The second-order valence-electron chi connectivity index (χ2n) is 5.01. The largest absolute Gasteiger partial charge is 0.480 e. The van der Waals surface area contributed by atoms with E-state index in [0.717, 1.165) is 0 Å². The molecule has 0 bridgehead atoms. The Morgan fingerprint density at radius 3 is 2.39 bits per heavy atom. The van der Waals surface area contributed by atoms with Gasteiger partial charge in [-0.05, 0) is 18.2 Å². The third kappa shape index (κ3) is 3.74. The van der Waals surface area contributed by atoms with Crippen molar-refractivity contribution in [3.8, 4) is 0 Å². The van der Waals surface area contributed by atoms with Gasteiger partial charge in [-0.1, -0.05) is 38.4 Å². The number of halogens is 1. The molecule has 1 amide bonds. The summed E-state index contributed by atoms with van der Waals surface area (Å²) in [6, 6.07) is 6.60. The van der Waals surface area contributed by atoms with Gasteiger partial charge in [0.15, 0.2) is 0 Å². The molecule has 0 aromatic heterocycles. The number of carboxylic acid groups (broad SMARTS) is 1. The molecule has 0 aliphatic carbocycles. The molecule has 1 rings (SSSR count). The van der Waals surface area contributed by atoms with Gasteiger partial charge in [0.2, 0.25) is 5.91 Å². The van der Waals surface area contributed by atoms with E-state index in [0.29, 0.717) is 10.7 Å². The number of anilines is 1. The normalized spacial score (nSPS) is 11.1. The first-order chi connectivity index (χ1) is 8.21. The van der Waals surface area contributed by atoms with E-state index in [-0.39, 0.29) is 12.5 Å².